The molecule has 2 aromatic carbocycles. The molecule has 290 valence electrons. The summed E-state index contributed by atoms with van der Waals surface area (Å²) in [6.45, 7) is 4.74. The molecule has 1 aliphatic heterocycles. The van der Waals surface area contributed by atoms with E-state index < -0.39 is 82.4 Å². The van der Waals surface area contributed by atoms with Crippen molar-refractivity contribution in [3.8, 4) is 5.75 Å². The number of nitrogens with zero attached hydrogens (tertiary/aromatic N) is 3. The summed E-state index contributed by atoms with van der Waals surface area (Å²) < 4.78 is 10.7. The fraction of sp³-hybridized carbons (Fsp3) is 0.486. The van der Waals surface area contributed by atoms with E-state index in [2.05, 4.69) is 10.6 Å². The molecule has 4 amide bonds. The van der Waals surface area contributed by atoms with E-state index >= 15 is 0 Å². The monoisotopic (exact) mass is 750 g/mol. The van der Waals surface area contributed by atoms with Crippen LogP contribution in [0.5, 0.6) is 5.75 Å². The number of unbranched alkanes of at least 4 members (excludes halogenated alkanes) is 1. The highest BCUT2D eigenvalue weighted by Crippen LogP contribution is 2.38. The van der Waals surface area contributed by atoms with Crippen molar-refractivity contribution in [3.63, 3.8) is 0 Å². The Labute approximate surface area is 312 Å². The van der Waals surface area contributed by atoms with E-state index in [4.69, 9.17) is 15.2 Å². The van der Waals surface area contributed by atoms with Gasteiger partial charge in [-0.05, 0) is 77.1 Å². The van der Waals surface area contributed by atoms with E-state index in [1.807, 2.05) is 0 Å². The Morgan fingerprint density at radius 3 is 2.28 bits per heavy atom. The molecule has 2 aliphatic rings. The molecule has 1 aliphatic carbocycles. The van der Waals surface area contributed by atoms with E-state index in [1.165, 1.54) is 32.8 Å². The first-order valence-corrected chi connectivity index (χ1v) is 17.7. The number of nitrogens with two attached hydrogens (primary N) is 1. The van der Waals surface area contributed by atoms with Crippen LogP contribution in [0.2, 0.25) is 0 Å². The number of hydrogen-bond acceptors (Lipinski definition) is 12. The molecule has 54 heavy (non-hydrogen) atoms. The van der Waals surface area contributed by atoms with Gasteiger partial charge in [-0.25, -0.2) is 4.79 Å². The number of Topliss-reactive ketones (excluding diaryl/α,β-unsaturated/α-hetero) is 3. The highest BCUT2D eigenvalue weighted by Gasteiger charge is 2.67. The third kappa shape index (κ3) is 8.80. The highest BCUT2D eigenvalue weighted by molar-refractivity contribution is 6.36. The Morgan fingerprint density at radius 2 is 1.70 bits per heavy atom. The molecule has 2 unspecified atom stereocenters. The number of carbonyl (C=O) groups excluding carboxylic acids is 7. The maximum Gasteiger partial charge on any atom is 0.417 e. The molecule has 5 atom stereocenters. The normalized spacial score (nSPS) is 20.7. The van der Waals surface area contributed by atoms with Gasteiger partial charge in [0.2, 0.25) is 23.1 Å². The maximum atomic E-state index is 14.9. The lowest BCUT2D eigenvalue weighted by Crippen LogP contribution is -2.70. The minimum Gasteiger partial charge on any atom is -0.410 e. The molecule has 2 aromatic rings. The van der Waals surface area contributed by atoms with Crippen LogP contribution in [0.4, 0.5) is 10.5 Å². The molecule has 17 heteroatoms. The molecule has 1 saturated heterocycles. The number of benzene rings is 2. The van der Waals surface area contributed by atoms with Crippen molar-refractivity contribution in [3.05, 3.63) is 70.3 Å². The van der Waals surface area contributed by atoms with Crippen molar-refractivity contribution in [1.29, 1.82) is 0 Å². The third-order valence-corrected chi connectivity index (χ3v) is 9.50. The molecule has 0 bridgehead atoms. The van der Waals surface area contributed by atoms with Crippen molar-refractivity contribution in [2.45, 2.75) is 95.1 Å². The minimum absolute atomic E-state index is 0.0490. The Morgan fingerprint density at radius 1 is 1.04 bits per heavy atom. The van der Waals surface area contributed by atoms with Crippen molar-refractivity contribution in [2.24, 2.45) is 5.73 Å². The number of carbonyl (C=O) groups is 7. The number of non-ortho nitro benzene ring substituents is 1. The number of rotatable bonds is 16. The van der Waals surface area contributed by atoms with Gasteiger partial charge >= 0.3 is 6.09 Å². The van der Waals surface area contributed by atoms with Crippen LogP contribution in [0.3, 0.4) is 0 Å². The molecule has 0 radical (unpaired) electrons. The van der Waals surface area contributed by atoms with Crippen molar-refractivity contribution < 1.29 is 48.0 Å². The van der Waals surface area contributed by atoms with Gasteiger partial charge in [-0.2, -0.15) is 0 Å². The number of methoxy groups -OCH3 is 1. The Bertz CT molecular complexity index is 1750. The summed E-state index contributed by atoms with van der Waals surface area (Å²) in [5.41, 5.74) is 3.28. The largest absolute Gasteiger partial charge is 0.417 e. The van der Waals surface area contributed by atoms with E-state index in [1.54, 1.807) is 30.3 Å². The van der Waals surface area contributed by atoms with Gasteiger partial charge in [0.15, 0.2) is 11.6 Å². The fourth-order valence-corrected chi connectivity index (χ4v) is 6.79. The van der Waals surface area contributed by atoms with Crippen LogP contribution in [0.25, 0.3) is 0 Å². The molecule has 1 heterocycles. The summed E-state index contributed by atoms with van der Waals surface area (Å²) >= 11 is 0. The van der Waals surface area contributed by atoms with Crippen LogP contribution >= 0.6 is 0 Å². The minimum atomic E-state index is -2.73. The molecule has 17 nitrogen and oxygen atoms in total. The first-order chi connectivity index (χ1) is 25.6. The predicted molar refractivity (Wildman–Crippen MR) is 192 cm³/mol. The lowest BCUT2D eigenvalue weighted by molar-refractivity contribution is -0.384. The number of ether oxygens (including phenoxy) is 2. The van der Waals surface area contributed by atoms with Gasteiger partial charge < -0.3 is 30.7 Å². The van der Waals surface area contributed by atoms with E-state index in [-0.39, 0.29) is 43.3 Å². The summed E-state index contributed by atoms with van der Waals surface area (Å²) in [5, 5.41) is 16.6. The van der Waals surface area contributed by atoms with Gasteiger partial charge in [0.1, 0.15) is 17.9 Å². The van der Waals surface area contributed by atoms with Gasteiger partial charge in [-0.1, -0.05) is 18.2 Å². The van der Waals surface area contributed by atoms with Crippen LogP contribution in [-0.4, -0.2) is 112 Å². The first kappa shape index (κ1) is 41.2. The molecule has 1 saturated carbocycles. The van der Waals surface area contributed by atoms with E-state index in [0.29, 0.717) is 24.8 Å². The lowest BCUT2D eigenvalue weighted by atomic mass is 9.82. The molecular formula is C37H46N6O11. The molecule has 4 rings (SSSR count). The number of hydrogen-bond donors (Lipinski definition) is 3. The summed E-state index contributed by atoms with van der Waals surface area (Å²) in [5.74, 6) is -4.60. The van der Waals surface area contributed by atoms with Gasteiger partial charge in [0, 0.05) is 50.4 Å². The summed E-state index contributed by atoms with van der Waals surface area (Å²) in [6, 6.07) is 8.70. The Hall–Kier alpha value is -5.55. The maximum absolute atomic E-state index is 14.9. The smallest absolute Gasteiger partial charge is 0.410 e. The average Bonchev–Trinajstić information content (AvgIpc) is 3.73. The second-order valence-corrected chi connectivity index (χ2v) is 13.5. The molecular weight excluding hydrogens is 704 g/mol. The molecule has 4 N–H and O–H groups in total. The van der Waals surface area contributed by atoms with E-state index in [9.17, 15) is 43.7 Å². The summed E-state index contributed by atoms with van der Waals surface area (Å²) in [7, 11) is 1.19. The molecule has 0 aromatic heterocycles. The van der Waals surface area contributed by atoms with Crippen molar-refractivity contribution in [1.82, 2.24) is 20.4 Å². The van der Waals surface area contributed by atoms with Crippen molar-refractivity contribution in [2.75, 3.05) is 20.2 Å². The molecule has 2 fully saturated rings. The number of nitrogens with one attached hydrogen (secondary N) is 2. The second kappa shape index (κ2) is 18.0. The van der Waals surface area contributed by atoms with Crippen molar-refractivity contribution >= 4 is 46.9 Å². The predicted octanol–water partition coefficient (Wildman–Crippen LogP) is 2.09. The number of likely N-dealkylation sites (tertiary alicyclic amines) is 1. The van der Waals surface area contributed by atoms with Crippen LogP contribution in [0.1, 0.15) is 69.7 Å². The van der Waals surface area contributed by atoms with Crippen LogP contribution in [0, 0.1) is 10.1 Å². The third-order valence-electron chi connectivity index (χ3n) is 9.50. The van der Waals surface area contributed by atoms with E-state index in [0.717, 1.165) is 29.2 Å². The van der Waals surface area contributed by atoms with Crippen LogP contribution in [-0.2, 0) is 28.7 Å². The Balaban J connectivity index is 1.60. The highest BCUT2D eigenvalue weighted by atomic mass is 16.6. The van der Waals surface area contributed by atoms with Gasteiger partial charge in [0.25, 0.3) is 11.6 Å². The van der Waals surface area contributed by atoms with Crippen LogP contribution < -0.4 is 21.1 Å². The first-order valence-electron chi connectivity index (χ1n) is 17.7. The van der Waals surface area contributed by atoms with Gasteiger partial charge in [-0.15, -0.1) is 0 Å². The molecule has 0 spiro atoms. The van der Waals surface area contributed by atoms with Gasteiger partial charge in [0.05, 0.1) is 17.0 Å². The Kier molecular flexibility index (Phi) is 13.7. The zero-order valence-corrected chi connectivity index (χ0v) is 30.6. The number of amides is 4. The summed E-state index contributed by atoms with van der Waals surface area (Å²) in [6.07, 6.45) is -1.85. The number of ketones is 3. The fourth-order valence-electron chi connectivity index (χ4n) is 6.79. The number of nitro groups is 1. The lowest BCUT2D eigenvalue weighted by Gasteiger charge is -2.41. The van der Waals surface area contributed by atoms with Gasteiger partial charge in [-0.3, -0.25) is 43.8 Å². The topological polar surface area (TPSA) is 238 Å². The zero-order chi connectivity index (χ0) is 39.7. The van der Waals surface area contributed by atoms with Crippen LogP contribution in [0.15, 0.2) is 54.6 Å². The number of nitro benzene ring substituents is 1. The summed E-state index contributed by atoms with van der Waals surface area (Å²) in [4.78, 5) is 109. The standard InChI is InChI=1S/C37H46N6O11/c1-22(2)42(36(50)54-26-17-15-25(16-18-26)43(51)52)37(30(44)21-29(53-4)32(37)46)31(45)28-14-10-20-41(28)35(49)27(40-33(47)23(3)38)13-8-9-19-39-34(48)24-11-6-5-7-12-24/h5-7,11-12,15-18,22-23,27-29H,8-10,13-14,19-21,38H2,1-4H3,(H,39,48)(H,40,47)/t23-,27-,28-,29?,37?/m0/s1. The SMILES string of the molecule is COC1CC(=O)C(C(=O)[C@@H]2CCCN2C(=O)[C@H](CCCCNC(=O)c2ccccc2)NC(=O)[C@H](C)N)(N(C(=O)Oc2ccc([N+](=O)[O-])cc2)C(C)C)C1=O. The second-order valence-electron chi connectivity index (χ2n) is 13.5. The zero-order valence-electron chi connectivity index (χ0n) is 30.6. The average molecular weight is 751 g/mol. The quantitative estimate of drug-likeness (QED) is 0.0968.